The van der Waals surface area contributed by atoms with E-state index in [1.165, 1.54) is 13.0 Å². The molecule has 8 heteroatoms. The highest BCUT2D eigenvalue weighted by molar-refractivity contribution is 6.11. The summed E-state index contributed by atoms with van der Waals surface area (Å²) in [4.78, 5) is 39.5. The summed E-state index contributed by atoms with van der Waals surface area (Å²) < 4.78 is 29.1. The molecule has 6 nitrogen and oxygen atoms in total. The molecule has 1 fully saturated rings. The van der Waals surface area contributed by atoms with Crippen LogP contribution in [0.15, 0.2) is 54.6 Å². The number of hydrogen-bond donors (Lipinski definition) is 1. The van der Waals surface area contributed by atoms with E-state index in [1.54, 1.807) is 6.07 Å². The van der Waals surface area contributed by atoms with Gasteiger partial charge in [-0.05, 0) is 50.1 Å². The topological polar surface area (TPSA) is 71.4 Å². The lowest BCUT2D eigenvalue weighted by Crippen LogP contribution is -2.41. The van der Waals surface area contributed by atoms with Crippen LogP contribution in [0.25, 0.3) is 0 Å². The molecule has 1 atom stereocenters. The number of benzene rings is 2. The fraction of sp³-hybridized carbons (Fsp3) is 0.240. The lowest BCUT2D eigenvalue weighted by Gasteiger charge is -2.22. The molecule has 2 heterocycles. The van der Waals surface area contributed by atoms with Gasteiger partial charge in [0.1, 0.15) is 5.54 Å². The molecule has 1 aromatic heterocycles. The lowest BCUT2D eigenvalue weighted by molar-refractivity contribution is -0.130. The Morgan fingerprint density at radius 3 is 2.36 bits per heavy atom. The number of nitrogens with zero attached hydrogens (tertiary/aromatic N) is 2. The Balaban J connectivity index is 1.56. The Morgan fingerprint density at radius 1 is 1.00 bits per heavy atom. The standard InChI is InChI=1S/C25H23F2N3O3/c1-15-11-19(16(2)29(15)13-17-7-5-4-6-8-17)22(31)14-30-23(32)25(3,28-24(30)33)18-9-10-20(26)21(27)12-18/h4-12H,13-14H2,1-3H3,(H,28,33). The third-order valence-electron chi connectivity index (χ3n) is 6.13. The summed E-state index contributed by atoms with van der Waals surface area (Å²) in [6, 6.07) is 13.8. The smallest absolute Gasteiger partial charge is 0.325 e. The van der Waals surface area contributed by atoms with Gasteiger partial charge in [0.25, 0.3) is 5.91 Å². The van der Waals surface area contributed by atoms with E-state index < -0.39 is 35.7 Å². The number of rotatable bonds is 6. The number of halogens is 2. The van der Waals surface area contributed by atoms with Gasteiger partial charge in [0, 0.05) is 23.5 Å². The van der Waals surface area contributed by atoms with Crippen molar-refractivity contribution < 1.29 is 23.2 Å². The Hall–Kier alpha value is -3.81. The zero-order valence-electron chi connectivity index (χ0n) is 18.5. The van der Waals surface area contributed by atoms with Crippen LogP contribution in [-0.4, -0.2) is 33.7 Å². The summed E-state index contributed by atoms with van der Waals surface area (Å²) in [5.74, 6) is -3.28. The molecule has 1 unspecified atom stereocenters. The van der Waals surface area contributed by atoms with Gasteiger partial charge in [-0.3, -0.25) is 14.5 Å². The number of Topliss-reactive ketones (excluding diaryl/α,β-unsaturated/α-hetero) is 1. The van der Waals surface area contributed by atoms with Crippen LogP contribution in [0.2, 0.25) is 0 Å². The number of aromatic nitrogens is 1. The van der Waals surface area contributed by atoms with Gasteiger partial charge in [0.05, 0.1) is 6.54 Å². The fourth-order valence-electron chi connectivity index (χ4n) is 4.16. The summed E-state index contributed by atoms with van der Waals surface area (Å²) in [6.45, 7) is 5.24. The highest BCUT2D eigenvalue weighted by atomic mass is 19.2. The highest BCUT2D eigenvalue weighted by Gasteiger charge is 2.49. The van der Waals surface area contributed by atoms with Gasteiger partial charge in [0.15, 0.2) is 17.4 Å². The van der Waals surface area contributed by atoms with Crippen molar-refractivity contribution in [1.29, 1.82) is 0 Å². The maximum atomic E-state index is 13.7. The number of hydrogen-bond acceptors (Lipinski definition) is 3. The van der Waals surface area contributed by atoms with E-state index >= 15 is 0 Å². The Kier molecular flexibility index (Phi) is 5.61. The number of carbonyl (C=O) groups is 3. The minimum atomic E-state index is -1.60. The predicted molar refractivity (Wildman–Crippen MR) is 118 cm³/mol. The number of nitrogens with one attached hydrogen (secondary N) is 1. The zero-order chi connectivity index (χ0) is 23.9. The molecular formula is C25H23F2N3O3. The third-order valence-corrected chi connectivity index (χ3v) is 6.13. The molecule has 0 spiro atoms. The van der Waals surface area contributed by atoms with Gasteiger partial charge in [-0.15, -0.1) is 0 Å². The zero-order valence-corrected chi connectivity index (χ0v) is 18.5. The highest BCUT2D eigenvalue weighted by Crippen LogP contribution is 2.30. The van der Waals surface area contributed by atoms with Crippen molar-refractivity contribution in [3.63, 3.8) is 0 Å². The van der Waals surface area contributed by atoms with Crippen LogP contribution in [0.1, 0.15) is 39.8 Å². The van der Waals surface area contributed by atoms with Crippen molar-refractivity contribution in [2.45, 2.75) is 32.9 Å². The second kappa shape index (κ2) is 8.27. The number of urea groups is 1. The first-order chi connectivity index (χ1) is 15.6. The minimum absolute atomic E-state index is 0.0933. The molecule has 0 saturated carbocycles. The number of amides is 3. The quantitative estimate of drug-likeness (QED) is 0.454. The van der Waals surface area contributed by atoms with Crippen LogP contribution in [0.3, 0.4) is 0 Å². The van der Waals surface area contributed by atoms with Crippen LogP contribution in [0.5, 0.6) is 0 Å². The van der Waals surface area contributed by atoms with Gasteiger partial charge in [0.2, 0.25) is 0 Å². The van der Waals surface area contributed by atoms with E-state index in [0.717, 1.165) is 34.0 Å². The normalized spacial score (nSPS) is 18.0. The predicted octanol–water partition coefficient (Wildman–Crippen LogP) is 4.08. The van der Waals surface area contributed by atoms with E-state index in [0.29, 0.717) is 12.1 Å². The van der Waals surface area contributed by atoms with Gasteiger partial charge < -0.3 is 9.88 Å². The van der Waals surface area contributed by atoms with Crippen LogP contribution in [0, 0.1) is 25.5 Å². The average Bonchev–Trinajstić information content (AvgIpc) is 3.19. The summed E-state index contributed by atoms with van der Waals surface area (Å²) in [6.07, 6.45) is 0. The molecule has 3 aromatic rings. The molecule has 0 aliphatic carbocycles. The second-order valence-electron chi connectivity index (χ2n) is 8.36. The Bertz CT molecular complexity index is 1270. The largest absolute Gasteiger partial charge is 0.344 e. The fourth-order valence-corrected chi connectivity index (χ4v) is 4.16. The van der Waals surface area contributed by atoms with Crippen molar-refractivity contribution >= 4 is 17.7 Å². The molecule has 2 aromatic carbocycles. The molecule has 1 saturated heterocycles. The first kappa shape index (κ1) is 22.4. The first-order valence-electron chi connectivity index (χ1n) is 10.5. The molecule has 1 aliphatic rings. The molecular weight excluding hydrogens is 428 g/mol. The van der Waals surface area contributed by atoms with Crippen LogP contribution in [-0.2, 0) is 16.9 Å². The summed E-state index contributed by atoms with van der Waals surface area (Å²) in [5.41, 5.74) is 1.60. The number of aryl methyl sites for hydroxylation is 1. The SMILES string of the molecule is Cc1cc(C(=O)CN2C(=O)NC(C)(c3ccc(F)c(F)c3)C2=O)c(C)n1Cc1ccccc1. The minimum Gasteiger partial charge on any atom is -0.344 e. The number of imide groups is 1. The maximum absolute atomic E-state index is 13.7. The van der Waals surface area contributed by atoms with Crippen molar-refractivity contribution in [3.05, 3.63) is 94.3 Å². The molecule has 170 valence electrons. The molecule has 0 bridgehead atoms. The molecule has 3 amide bonds. The van der Waals surface area contributed by atoms with E-state index in [1.807, 2.05) is 48.7 Å². The molecule has 0 radical (unpaired) electrons. The van der Waals surface area contributed by atoms with Gasteiger partial charge in [-0.2, -0.15) is 0 Å². The summed E-state index contributed by atoms with van der Waals surface area (Å²) in [5, 5.41) is 2.50. The van der Waals surface area contributed by atoms with Crippen molar-refractivity contribution in [3.8, 4) is 0 Å². The van der Waals surface area contributed by atoms with Gasteiger partial charge in [-0.25, -0.2) is 13.6 Å². The Morgan fingerprint density at radius 2 is 1.70 bits per heavy atom. The Labute approximate surface area is 189 Å². The number of carbonyl (C=O) groups excluding carboxylic acids is 3. The van der Waals surface area contributed by atoms with Crippen molar-refractivity contribution in [2.24, 2.45) is 0 Å². The van der Waals surface area contributed by atoms with E-state index in [2.05, 4.69) is 5.32 Å². The summed E-state index contributed by atoms with van der Waals surface area (Å²) in [7, 11) is 0. The van der Waals surface area contributed by atoms with Crippen molar-refractivity contribution in [2.75, 3.05) is 6.54 Å². The number of ketones is 1. The first-order valence-corrected chi connectivity index (χ1v) is 10.5. The van der Waals surface area contributed by atoms with Crippen LogP contribution >= 0.6 is 0 Å². The van der Waals surface area contributed by atoms with E-state index in [4.69, 9.17) is 0 Å². The maximum Gasteiger partial charge on any atom is 0.325 e. The van der Waals surface area contributed by atoms with Crippen LogP contribution in [0.4, 0.5) is 13.6 Å². The average molecular weight is 451 g/mol. The van der Waals surface area contributed by atoms with Gasteiger partial charge in [-0.1, -0.05) is 36.4 Å². The monoisotopic (exact) mass is 451 g/mol. The van der Waals surface area contributed by atoms with Gasteiger partial charge >= 0.3 is 6.03 Å². The van der Waals surface area contributed by atoms with E-state index in [9.17, 15) is 23.2 Å². The molecule has 1 N–H and O–H groups in total. The molecule has 4 rings (SSSR count). The third kappa shape index (κ3) is 3.92. The van der Waals surface area contributed by atoms with Crippen molar-refractivity contribution in [1.82, 2.24) is 14.8 Å². The molecule has 1 aliphatic heterocycles. The molecule has 33 heavy (non-hydrogen) atoms. The van der Waals surface area contributed by atoms with Crippen LogP contribution < -0.4 is 5.32 Å². The lowest BCUT2D eigenvalue weighted by atomic mass is 9.92. The van der Waals surface area contributed by atoms with E-state index in [-0.39, 0.29) is 11.3 Å². The second-order valence-corrected chi connectivity index (χ2v) is 8.36. The summed E-state index contributed by atoms with van der Waals surface area (Å²) >= 11 is 0.